The Balaban J connectivity index is 3.17. The van der Waals surface area contributed by atoms with E-state index in [0.717, 1.165) is 4.47 Å². The van der Waals surface area contributed by atoms with Crippen molar-refractivity contribution < 1.29 is 14.7 Å². The van der Waals surface area contributed by atoms with Crippen molar-refractivity contribution >= 4 is 33.5 Å². The van der Waals surface area contributed by atoms with Crippen molar-refractivity contribution in [1.82, 2.24) is 0 Å². The van der Waals surface area contributed by atoms with Gasteiger partial charge < -0.3 is 15.7 Å². The van der Waals surface area contributed by atoms with E-state index in [2.05, 4.69) is 15.9 Å². The number of rotatable bonds is 6. The summed E-state index contributed by atoms with van der Waals surface area (Å²) < 4.78 is 0.756. The van der Waals surface area contributed by atoms with E-state index in [1.807, 2.05) is 18.7 Å². The lowest BCUT2D eigenvalue weighted by atomic mass is 10.1. The number of carboxylic acids is 1. The van der Waals surface area contributed by atoms with Gasteiger partial charge in [0.15, 0.2) is 0 Å². The molecule has 0 aliphatic rings. The molecule has 0 spiro atoms. The van der Waals surface area contributed by atoms with Crippen LogP contribution in [0.15, 0.2) is 22.7 Å². The maximum absolute atomic E-state index is 11.5. The van der Waals surface area contributed by atoms with Gasteiger partial charge in [-0.15, -0.1) is 0 Å². The molecule has 1 unspecified atom stereocenters. The molecule has 0 aliphatic heterocycles. The molecular formula is C13H17BrN2O3. The minimum atomic E-state index is -0.872. The molecule has 3 N–H and O–H groups in total. The summed E-state index contributed by atoms with van der Waals surface area (Å²) in [6.07, 6.45) is 0.00209. The minimum absolute atomic E-state index is 0.00209. The minimum Gasteiger partial charge on any atom is -0.481 e. The number of benzene rings is 1. The van der Waals surface area contributed by atoms with Crippen molar-refractivity contribution in [1.29, 1.82) is 0 Å². The molecule has 0 saturated carbocycles. The quantitative estimate of drug-likeness (QED) is 0.838. The Morgan fingerprint density at radius 1 is 1.47 bits per heavy atom. The lowest BCUT2D eigenvalue weighted by Gasteiger charge is -2.30. The zero-order valence-corrected chi connectivity index (χ0v) is 12.5. The van der Waals surface area contributed by atoms with Gasteiger partial charge in [0, 0.05) is 22.7 Å². The van der Waals surface area contributed by atoms with E-state index < -0.39 is 11.9 Å². The first-order valence-electron chi connectivity index (χ1n) is 5.94. The van der Waals surface area contributed by atoms with Crippen molar-refractivity contribution in [2.45, 2.75) is 26.3 Å². The summed E-state index contributed by atoms with van der Waals surface area (Å²) in [5, 5.41) is 8.87. The summed E-state index contributed by atoms with van der Waals surface area (Å²) in [7, 11) is 0. The number of hydrogen-bond donors (Lipinski definition) is 2. The molecule has 1 aromatic rings. The van der Waals surface area contributed by atoms with Crippen molar-refractivity contribution in [2.75, 3.05) is 11.4 Å². The fourth-order valence-electron chi connectivity index (χ4n) is 2.04. The smallest absolute Gasteiger partial charge is 0.305 e. The van der Waals surface area contributed by atoms with E-state index in [0.29, 0.717) is 17.8 Å². The molecule has 0 aliphatic carbocycles. The van der Waals surface area contributed by atoms with Crippen LogP contribution in [-0.2, 0) is 4.79 Å². The van der Waals surface area contributed by atoms with Crippen LogP contribution in [0.2, 0.25) is 0 Å². The first kappa shape index (κ1) is 15.5. The van der Waals surface area contributed by atoms with Crippen LogP contribution < -0.4 is 10.6 Å². The largest absolute Gasteiger partial charge is 0.481 e. The van der Waals surface area contributed by atoms with Gasteiger partial charge in [0.1, 0.15) is 0 Å². The van der Waals surface area contributed by atoms with Gasteiger partial charge in [-0.25, -0.2) is 0 Å². The number of anilines is 1. The van der Waals surface area contributed by atoms with Gasteiger partial charge in [-0.1, -0.05) is 15.9 Å². The van der Waals surface area contributed by atoms with E-state index >= 15 is 0 Å². The highest BCUT2D eigenvalue weighted by Crippen LogP contribution is 2.26. The standard InChI is InChI=1S/C13H17BrN2O3/c1-3-16(8(2)6-12(17)18)11-5-4-9(14)7-10(11)13(15)19/h4-5,7-8H,3,6H2,1-2H3,(H2,15,19)(H,17,18). The third kappa shape index (κ3) is 3.96. The van der Waals surface area contributed by atoms with Gasteiger partial charge in [-0.2, -0.15) is 0 Å². The molecule has 0 saturated heterocycles. The maximum atomic E-state index is 11.5. The highest BCUT2D eigenvalue weighted by atomic mass is 79.9. The summed E-state index contributed by atoms with van der Waals surface area (Å²) in [5.41, 5.74) is 6.42. The van der Waals surface area contributed by atoms with Crippen molar-refractivity contribution in [3.8, 4) is 0 Å². The molecule has 1 amide bonds. The molecule has 1 aromatic carbocycles. The van der Waals surface area contributed by atoms with Crippen LogP contribution in [-0.4, -0.2) is 29.6 Å². The van der Waals surface area contributed by atoms with Gasteiger partial charge >= 0.3 is 5.97 Å². The van der Waals surface area contributed by atoms with Crippen LogP contribution >= 0.6 is 15.9 Å². The number of amides is 1. The first-order chi connectivity index (χ1) is 8.86. The van der Waals surface area contributed by atoms with Crippen LogP contribution in [0.3, 0.4) is 0 Å². The Kier molecular flexibility index (Phi) is 5.35. The maximum Gasteiger partial charge on any atom is 0.305 e. The number of halogens is 1. The van der Waals surface area contributed by atoms with Crippen LogP contribution in [0.25, 0.3) is 0 Å². The summed E-state index contributed by atoms with van der Waals surface area (Å²) in [5.74, 6) is -1.40. The molecule has 0 bridgehead atoms. The topological polar surface area (TPSA) is 83.6 Å². The number of aliphatic carboxylic acids is 1. The van der Waals surface area contributed by atoms with Crippen LogP contribution in [0, 0.1) is 0 Å². The Morgan fingerprint density at radius 3 is 2.58 bits per heavy atom. The summed E-state index contributed by atoms with van der Waals surface area (Å²) in [6, 6.07) is 5.00. The second kappa shape index (κ2) is 6.56. The number of nitrogens with two attached hydrogens (primary N) is 1. The Bertz CT molecular complexity index is 491. The Labute approximate surface area is 120 Å². The fraction of sp³-hybridized carbons (Fsp3) is 0.385. The van der Waals surface area contributed by atoms with Gasteiger partial charge in [0.05, 0.1) is 12.0 Å². The molecule has 19 heavy (non-hydrogen) atoms. The van der Waals surface area contributed by atoms with E-state index in [-0.39, 0.29) is 12.5 Å². The van der Waals surface area contributed by atoms with Gasteiger partial charge in [-0.3, -0.25) is 9.59 Å². The molecule has 5 nitrogen and oxygen atoms in total. The Morgan fingerprint density at radius 2 is 2.11 bits per heavy atom. The average Bonchev–Trinajstić information content (AvgIpc) is 2.30. The van der Waals surface area contributed by atoms with Gasteiger partial charge in [0.25, 0.3) is 5.91 Å². The zero-order chi connectivity index (χ0) is 14.6. The predicted molar refractivity (Wildman–Crippen MR) is 77.4 cm³/mol. The fourth-order valence-corrected chi connectivity index (χ4v) is 2.40. The number of nitrogens with zero attached hydrogens (tertiary/aromatic N) is 1. The highest BCUT2D eigenvalue weighted by Gasteiger charge is 2.20. The number of carboxylic acid groups (broad SMARTS) is 1. The van der Waals surface area contributed by atoms with Crippen molar-refractivity contribution in [2.24, 2.45) is 5.73 Å². The third-order valence-corrected chi connectivity index (χ3v) is 3.37. The molecule has 6 heteroatoms. The normalized spacial score (nSPS) is 11.9. The van der Waals surface area contributed by atoms with E-state index in [9.17, 15) is 9.59 Å². The van der Waals surface area contributed by atoms with E-state index in [1.54, 1.807) is 18.2 Å². The summed E-state index contributed by atoms with van der Waals surface area (Å²) in [6.45, 7) is 4.31. The van der Waals surface area contributed by atoms with Crippen LogP contribution in [0.4, 0.5) is 5.69 Å². The molecule has 1 atom stereocenters. The Hall–Kier alpha value is -1.56. The molecule has 0 aromatic heterocycles. The van der Waals surface area contributed by atoms with E-state index in [4.69, 9.17) is 10.8 Å². The molecule has 104 valence electrons. The van der Waals surface area contributed by atoms with Gasteiger partial charge in [-0.05, 0) is 32.0 Å². The third-order valence-electron chi connectivity index (χ3n) is 2.88. The average molecular weight is 329 g/mol. The number of hydrogen-bond acceptors (Lipinski definition) is 3. The lowest BCUT2D eigenvalue weighted by molar-refractivity contribution is -0.137. The molecule has 0 heterocycles. The highest BCUT2D eigenvalue weighted by molar-refractivity contribution is 9.10. The molecule has 1 rings (SSSR count). The monoisotopic (exact) mass is 328 g/mol. The van der Waals surface area contributed by atoms with E-state index in [1.165, 1.54) is 0 Å². The first-order valence-corrected chi connectivity index (χ1v) is 6.73. The number of primary amides is 1. The van der Waals surface area contributed by atoms with Crippen LogP contribution in [0.5, 0.6) is 0 Å². The van der Waals surface area contributed by atoms with Crippen molar-refractivity contribution in [3.63, 3.8) is 0 Å². The van der Waals surface area contributed by atoms with Gasteiger partial charge in [0.2, 0.25) is 0 Å². The second-order valence-electron chi connectivity index (χ2n) is 4.26. The van der Waals surface area contributed by atoms with Crippen LogP contribution in [0.1, 0.15) is 30.6 Å². The predicted octanol–water partition coefficient (Wildman–Crippen LogP) is 2.24. The molecular weight excluding hydrogens is 312 g/mol. The van der Waals surface area contributed by atoms with Crippen molar-refractivity contribution in [3.05, 3.63) is 28.2 Å². The summed E-state index contributed by atoms with van der Waals surface area (Å²) >= 11 is 3.29. The molecule has 0 radical (unpaired) electrons. The number of carbonyl (C=O) groups is 2. The number of carbonyl (C=O) groups excluding carboxylic acids is 1. The molecule has 0 fully saturated rings. The zero-order valence-electron chi connectivity index (χ0n) is 10.9. The second-order valence-corrected chi connectivity index (χ2v) is 5.17. The SMILES string of the molecule is CCN(c1ccc(Br)cc1C(N)=O)C(C)CC(=O)O. The lowest BCUT2D eigenvalue weighted by Crippen LogP contribution is -2.36. The summed E-state index contributed by atoms with van der Waals surface area (Å²) in [4.78, 5) is 24.2.